The second kappa shape index (κ2) is 7.41. The summed E-state index contributed by atoms with van der Waals surface area (Å²) in [5.74, 6) is -0.364. The first-order valence-electron chi connectivity index (χ1n) is 7.31. The molecule has 2 rings (SSSR count). The molecule has 1 fully saturated rings. The standard InChI is InChI=1S/C16H21NO3S/c18-12-17-13-21(19,20)16-9-7-15(8-10-16)11-14-5-3-1-2-4-6-14/h7-12H,1-6,13H2,(H,17,18). The van der Waals surface area contributed by atoms with Crippen LogP contribution in [0.3, 0.4) is 0 Å². The first kappa shape index (κ1) is 15.8. The highest BCUT2D eigenvalue weighted by molar-refractivity contribution is 7.91. The lowest BCUT2D eigenvalue weighted by atomic mass is 10.0. The summed E-state index contributed by atoms with van der Waals surface area (Å²) in [5.41, 5.74) is 2.49. The van der Waals surface area contributed by atoms with Crippen molar-refractivity contribution >= 4 is 22.3 Å². The van der Waals surface area contributed by atoms with Crippen LogP contribution in [-0.4, -0.2) is 20.7 Å². The van der Waals surface area contributed by atoms with Crippen LogP contribution >= 0.6 is 0 Å². The van der Waals surface area contributed by atoms with Crippen LogP contribution in [0.2, 0.25) is 0 Å². The predicted molar refractivity (Wildman–Crippen MR) is 83.4 cm³/mol. The van der Waals surface area contributed by atoms with Gasteiger partial charge in [-0.15, -0.1) is 0 Å². The van der Waals surface area contributed by atoms with Crippen molar-refractivity contribution < 1.29 is 13.2 Å². The van der Waals surface area contributed by atoms with E-state index in [4.69, 9.17) is 0 Å². The zero-order valence-electron chi connectivity index (χ0n) is 12.0. The minimum Gasteiger partial charge on any atom is -0.344 e. The monoisotopic (exact) mass is 307 g/mol. The average molecular weight is 307 g/mol. The van der Waals surface area contributed by atoms with Crippen molar-refractivity contribution in [2.24, 2.45) is 0 Å². The van der Waals surface area contributed by atoms with E-state index in [1.54, 1.807) is 12.1 Å². The molecule has 1 saturated carbocycles. The smallest absolute Gasteiger partial charge is 0.207 e. The van der Waals surface area contributed by atoms with E-state index in [2.05, 4.69) is 11.4 Å². The Morgan fingerprint density at radius 3 is 2.19 bits per heavy atom. The van der Waals surface area contributed by atoms with Gasteiger partial charge in [0.1, 0.15) is 5.88 Å². The molecular weight excluding hydrogens is 286 g/mol. The summed E-state index contributed by atoms with van der Waals surface area (Å²) in [5, 5.41) is 2.19. The summed E-state index contributed by atoms with van der Waals surface area (Å²) >= 11 is 0. The van der Waals surface area contributed by atoms with E-state index < -0.39 is 9.84 Å². The van der Waals surface area contributed by atoms with Gasteiger partial charge in [-0.05, 0) is 43.4 Å². The number of nitrogens with one attached hydrogen (secondary N) is 1. The van der Waals surface area contributed by atoms with Crippen molar-refractivity contribution in [2.75, 3.05) is 5.88 Å². The third-order valence-electron chi connectivity index (χ3n) is 3.71. The highest BCUT2D eigenvalue weighted by atomic mass is 32.2. The van der Waals surface area contributed by atoms with Gasteiger partial charge in [-0.25, -0.2) is 8.42 Å². The summed E-state index contributed by atoms with van der Waals surface area (Å²) in [6.45, 7) is 0. The molecule has 0 radical (unpaired) electrons. The maximum Gasteiger partial charge on any atom is 0.207 e. The molecule has 0 saturated heterocycles. The summed E-state index contributed by atoms with van der Waals surface area (Å²) in [6.07, 6.45) is 9.95. The molecule has 0 unspecified atom stereocenters. The van der Waals surface area contributed by atoms with E-state index in [-0.39, 0.29) is 10.8 Å². The van der Waals surface area contributed by atoms with E-state index in [9.17, 15) is 13.2 Å². The van der Waals surface area contributed by atoms with Gasteiger partial charge in [0.2, 0.25) is 6.41 Å². The minimum absolute atomic E-state index is 0.236. The molecule has 1 aliphatic rings. The fourth-order valence-electron chi connectivity index (χ4n) is 2.56. The molecule has 0 spiro atoms. The molecule has 0 atom stereocenters. The Balaban J connectivity index is 2.11. The van der Waals surface area contributed by atoms with E-state index in [1.165, 1.54) is 31.3 Å². The first-order chi connectivity index (χ1) is 10.1. The number of rotatable bonds is 5. The SMILES string of the molecule is O=CNCS(=O)(=O)c1ccc(C=C2CCCCCC2)cc1. The Morgan fingerprint density at radius 2 is 1.62 bits per heavy atom. The second-order valence-corrected chi connectivity index (χ2v) is 7.36. The lowest BCUT2D eigenvalue weighted by Crippen LogP contribution is -2.21. The van der Waals surface area contributed by atoms with Gasteiger partial charge in [0.15, 0.2) is 9.84 Å². The van der Waals surface area contributed by atoms with Crippen molar-refractivity contribution in [3.05, 3.63) is 35.4 Å². The van der Waals surface area contributed by atoms with Gasteiger partial charge >= 0.3 is 0 Å². The molecule has 1 amide bonds. The van der Waals surface area contributed by atoms with Crippen LogP contribution in [0, 0.1) is 0 Å². The van der Waals surface area contributed by atoms with Gasteiger partial charge < -0.3 is 5.32 Å². The molecule has 21 heavy (non-hydrogen) atoms. The molecule has 0 bridgehead atoms. The largest absolute Gasteiger partial charge is 0.344 e. The van der Waals surface area contributed by atoms with E-state index >= 15 is 0 Å². The number of allylic oxidation sites excluding steroid dienone is 1. The Hall–Kier alpha value is -1.62. The third-order valence-corrected chi connectivity index (χ3v) is 5.25. The van der Waals surface area contributed by atoms with Crippen LogP contribution in [0.25, 0.3) is 6.08 Å². The number of carbonyl (C=O) groups excluding carboxylic acids is 1. The number of hydrogen-bond donors (Lipinski definition) is 1. The number of hydrogen-bond acceptors (Lipinski definition) is 3. The first-order valence-corrected chi connectivity index (χ1v) is 8.96. The molecule has 1 aliphatic carbocycles. The van der Waals surface area contributed by atoms with Gasteiger partial charge in [-0.3, -0.25) is 4.79 Å². The Kier molecular flexibility index (Phi) is 5.56. The molecule has 0 aromatic heterocycles. The second-order valence-electron chi connectivity index (χ2n) is 5.37. The van der Waals surface area contributed by atoms with E-state index in [0.29, 0.717) is 6.41 Å². The summed E-state index contributed by atoms with van der Waals surface area (Å²) < 4.78 is 23.8. The van der Waals surface area contributed by atoms with Crippen molar-refractivity contribution in [3.63, 3.8) is 0 Å². The van der Waals surface area contributed by atoms with E-state index in [0.717, 1.165) is 18.4 Å². The number of amides is 1. The van der Waals surface area contributed by atoms with Crippen LogP contribution in [0.15, 0.2) is 34.7 Å². The zero-order valence-corrected chi connectivity index (χ0v) is 12.9. The highest BCUT2D eigenvalue weighted by Gasteiger charge is 2.13. The molecule has 4 nitrogen and oxygen atoms in total. The third kappa shape index (κ3) is 4.70. The normalized spacial score (nSPS) is 16.1. The fraction of sp³-hybridized carbons (Fsp3) is 0.438. The van der Waals surface area contributed by atoms with Gasteiger partial charge in [0.05, 0.1) is 4.90 Å². The number of sulfone groups is 1. The molecule has 0 heterocycles. The average Bonchev–Trinajstić information content (AvgIpc) is 2.74. The van der Waals surface area contributed by atoms with Crippen LogP contribution in [0.4, 0.5) is 0 Å². The predicted octanol–water partition coefficient (Wildman–Crippen LogP) is 2.90. The number of benzene rings is 1. The van der Waals surface area contributed by atoms with E-state index in [1.807, 2.05) is 12.1 Å². The van der Waals surface area contributed by atoms with Crippen LogP contribution in [-0.2, 0) is 14.6 Å². The molecule has 1 N–H and O–H groups in total. The lowest BCUT2D eigenvalue weighted by Gasteiger charge is -2.05. The van der Waals surface area contributed by atoms with Crippen LogP contribution in [0.5, 0.6) is 0 Å². The van der Waals surface area contributed by atoms with Crippen molar-refractivity contribution in [1.29, 1.82) is 0 Å². The maximum absolute atomic E-state index is 11.9. The highest BCUT2D eigenvalue weighted by Crippen LogP contribution is 2.24. The zero-order chi connectivity index (χ0) is 15.1. The van der Waals surface area contributed by atoms with Crippen LogP contribution in [0.1, 0.15) is 44.1 Å². The molecule has 1 aromatic carbocycles. The quantitative estimate of drug-likeness (QED) is 0.672. The Labute approximate surface area is 126 Å². The Bertz CT molecular complexity index is 593. The van der Waals surface area contributed by atoms with Gasteiger partial charge in [-0.2, -0.15) is 0 Å². The Morgan fingerprint density at radius 1 is 1.00 bits per heavy atom. The summed E-state index contributed by atoms with van der Waals surface area (Å²) in [4.78, 5) is 10.4. The summed E-state index contributed by atoms with van der Waals surface area (Å²) in [6, 6.07) is 6.85. The van der Waals surface area contributed by atoms with Crippen molar-refractivity contribution in [3.8, 4) is 0 Å². The molecular formula is C16H21NO3S. The molecule has 0 aliphatic heterocycles. The van der Waals surface area contributed by atoms with Crippen molar-refractivity contribution in [2.45, 2.75) is 43.4 Å². The van der Waals surface area contributed by atoms with Crippen LogP contribution < -0.4 is 5.32 Å². The molecule has 1 aromatic rings. The van der Waals surface area contributed by atoms with Gasteiger partial charge in [0, 0.05) is 0 Å². The molecule has 5 heteroatoms. The summed E-state index contributed by atoms with van der Waals surface area (Å²) in [7, 11) is -3.44. The minimum atomic E-state index is -3.44. The topological polar surface area (TPSA) is 63.2 Å². The van der Waals surface area contributed by atoms with Gasteiger partial charge in [0.25, 0.3) is 0 Å². The van der Waals surface area contributed by atoms with Gasteiger partial charge in [-0.1, -0.05) is 36.6 Å². The fourth-order valence-corrected chi connectivity index (χ4v) is 3.57. The number of carbonyl (C=O) groups is 1. The molecule has 114 valence electrons. The van der Waals surface area contributed by atoms with Crippen molar-refractivity contribution in [1.82, 2.24) is 5.32 Å². The lowest BCUT2D eigenvalue weighted by molar-refractivity contribution is -0.109. The maximum atomic E-state index is 11.9.